The van der Waals surface area contributed by atoms with Gasteiger partial charge in [-0.3, -0.25) is 9.67 Å². The molecule has 0 saturated heterocycles. The normalized spacial score (nSPS) is 11.3. The molecule has 0 bridgehead atoms. The first kappa shape index (κ1) is 20.2. The minimum atomic E-state index is 0. The Labute approximate surface area is 172 Å². The molecule has 0 aliphatic rings. The van der Waals surface area contributed by atoms with E-state index in [4.69, 9.17) is 0 Å². The smallest absolute Gasteiger partial charge is 0.193 e. The van der Waals surface area contributed by atoms with E-state index >= 15 is 0 Å². The molecular weight excluding hydrogens is 437 g/mol. The van der Waals surface area contributed by atoms with Crippen molar-refractivity contribution < 1.29 is 0 Å². The summed E-state index contributed by atoms with van der Waals surface area (Å²) in [5.74, 6) is 0.893. The maximum absolute atomic E-state index is 4.39. The Morgan fingerprint density at radius 1 is 1.19 bits per heavy atom. The molecule has 0 atom stereocenters. The number of nitrogens with zero attached hydrogens (tertiary/aromatic N) is 4. The molecular formula is C20H26IN5. The quantitative estimate of drug-likeness (QED) is 0.358. The van der Waals surface area contributed by atoms with Gasteiger partial charge in [-0.05, 0) is 22.8 Å². The monoisotopic (exact) mass is 463 g/mol. The van der Waals surface area contributed by atoms with Crippen LogP contribution in [0.2, 0.25) is 0 Å². The van der Waals surface area contributed by atoms with E-state index in [2.05, 4.69) is 62.8 Å². The van der Waals surface area contributed by atoms with Gasteiger partial charge in [0.1, 0.15) is 0 Å². The van der Waals surface area contributed by atoms with Crippen LogP contribution in [0, 0.1) is 0 Å². The second kappa shape index (κ2) is 9.56. The Hall–Kier alpha value is -2.09. The number of hydrogen-bond donors (Lipinski definition) is 1. The highest BCUT2D eigenvalue weighted by Crippen LogP contribution is 2.18. The maximum atomic E-state index is 4.39. The molecule has 0 aliphatic carbocycles. The lowest BCUT2D eigenvalue weighted by Gasteiger charge is -2.21. The number of hydrogen-bond acceptors (Lipinski definition) is 2. The zero-order valence-corrected chi connectivity index (χ0v) is 17.8. The molecule has 1 N–H and O–H groups in total. The summed E-state index contributed by atoms with van der Waals surface area (Å²) in [5, 5.41) is 10.3. The van der Waals surface area contributed by atoms with Crippen LogP contribution in [0.1, 0.15) is 11.1 Å². The summed E-state index contributed by atoms with van der Waals surface area (Å²) in [4.78, 5) is 6.50. The highest BCUT2D eigenvalue weighted by atomic mass is 127. The third-order valence-electron chi connectivity index (χ3n) is 4.31. The maximum Gasteiger partial charge on any atom is 0.193 e. The first-order valence-corrected chi connectivity index (χ1v) is 8.53. The fourth-order valence-electron chi connectivity index (χ4n) is 3.11. The van der Waals surface area contributed by atoms with E-state index in [0.29, 0.717) is 0 Å². The predicted molar refractivity (Wildman–Crippen MR) is 119 cm³/mol. The van der Waals surface area contributed by atoms with Gasteiger partial charge in [0.15, 0.2) is 5.96 Å². The Morgan fingerprint density at radius 2 is 1.96 bits per heavy atom. The van der Waals surface area contributed by atoms with Gasteiger partial charge in [-0.25, -0.2) is 0 Å². The molecule has 3 aromatic rings. The standard InChI is InChI=1S/C20H25N5.HI/c1-21-20(24(2)14-16-13-23-25(3)15-16)22-12-11-18-9-6-8-17-7-4-5-10-19(17)18;/h4-10,13,15H,11-12,14H2,1-3H3,(H,21,22);1H. The number of aliphatic imine (C=N–C) groups is 1. The minimum absolute atomic E-state index is 0. The zero-order valence-electron chi connectivity index (χ0n) is 15.5. The third kappa shape index (κ3) is 4.97. The number of fused-ring (bicyclic) bond motifs is 1. The Morgan fingerprint density at radius 3 is 2.69 bits per heavy atom. The summed E-state index contributed by atoms with van der Waals surface area (Å²) in [7, 11) is 5.79. The van der Waals surface area contributed by atoms with Gasteiger partial charge in [-0.2, -0.15) is 5.10 Å². The molecule has 0 fully saturated rings. The molecule has 0 saturated carbocycles. The van der Waals surface area contributed by atoms with Crippen LogP contribution in [0.3, 0.4) is 0 Å². The third-order valence-corrected chi connectivity index (χ3v) is 4.31. The number of benzene rings is 2. The van der Waals surface area contributed by atoms with Crippen LogP contribution >= 0.6 is 24.0 Å². The van der Waals surface area contributed by atoms with Gasteiger partial charge < -0.3 is 10.2 Å². The van der Waals surface area contributed by atoms with Gasteiger partial charge in [0.05, 0.1) is 6.20 Å². The summed E-state index contributed by atoms with van der Waals surface area (Å²) in [6.07, 6.45) is 4.88. The molecule has 1 aromatic heterocycles. The van der Waals surface area contributed by atoms with Gasteiger partial charge in [0.25, 0.3) is 0 Å². The van der Waals surface area contributed by atoms with E-state index in [1.165, 1.54) is 21.9 Å². The molecule has 0 radical (unpaired) electrons. The van der Waals surface area contributed by atoms with Crippen molar-refractivity contribution >= 4 is 40.7 Å². The second-order valence-electron chi connectivity index (χ2n) is 6.24. The summed E-state index contributed by atoms with van der Waals surface area (Å²) in [6.45, 7) is 1.62. The number of guanidine groups is 1. The number of rotatable bonds is 5. The highest BCUT2D eigenvalue weighted by Gasteiger charge is 2.08. The van der Waals surface area contributed by atoms with Crippen molar-refractivity contribution in [2.45, 2.75) is 13.0 Å². The first-order valence-electron chi connectivity index (χ1n) is 8.53. The molecule has 1 heterocycles. The van der Waals surface area contributed by atoms with Gasteiger partial charge in [0.2, 0.25) is 0 Å². The van der Waals surface area contributed by atoms with E-state index < -0.39 is 0 Å². The minimum Gasteiger partial charge on any atom is -0.356 e. The van der Waals surface area contributed by atoms with Crippen LogP contribution in [-0.2, 0) is 20.0 Å². The molecule has 2 aromatic carbocycles. The fraction of sp³-hybridized carbons (Fsp3) is 0.300. The lowest BCUT2D eigenvalue weighted by Crippen LogP contribution is -2.39. The van der Waals surface area contributed by atoms with Crippen LogP contribution in [0.25, 0.3) is 10.8 Å². The van der Waals surface area contributed by atoms with Crippen LogP contribution in [0.5, 0.6) is 0 Å². The molecule has 3 rings (SSSR count). The molecule has 0 aliphatic heterocycles. The average Bonchev–Trinajstić information content (AvgIpc) is 3.03. The predicted octanol–water partition coefficient (Wildman–Crippen LogP) is 3.44. The van der Waals surface area contributed by atoms with Gasteiger partial charge in [0, 0.05) is 46.0 Å². The molecule has 5 nitrogen and oxygen atoms in total. The van der Waals surface area contributed by atoms with Crippen molar-refractivity contribution in [3.05, 3.63) is 66.0 Å². The highest BCUT2D eigenvalue weighted by molar-refractivity contribution is 14.0. The van der Waals surface area contributed by atoms with E-state index in [-0.39, 0.29) is 24.0 Å². The summed E-state index contributed by atoms with van der Waals surface area (Å²) < 4.78 is 1.82. The molecule has 138 valence electrons. The summed E-state index contributed by atoms with van der Waals surface area (Å²) in [5.41, 5.74) is 2.53. The second-order valence-corrected chi connectivity index (χ2v) is 6.24. The van der Waals surface area contributed by atoms with Crippen molar-refractivity contribution in [3.8, 4) is 0 Å². The van der Waals surface area contributed by atoms with Crippen molar-refractivity contribution in [3.63, 3.8) is 0 Å². The number of aromatic nitrogens is 2. The molecule has 0 spiro atoms. The largest absolute Gasteiger partial charge is 0.356 e. The van der Waals surface area contributed by atoms with E-state index in [1.807, 2.05) is 38.2 Å². The zero-order chi connectivity index (χ0) is 17.6. The summed E-state index contributed by atoms with van der Waals surface area (Å²) in [6, 6.07) is 15.0. The van der Waals surface area contributed by atoms with Gasteiger partial charge in [-0.1, -0.05) is 42.5 Å². The van der Waals surface area contributed by atoms with Crippen LogP contribution < -0.4 is 5.32 Å². The van der Waals surface area contributed by atoms with E-state index in [9.17, 15) is 0 Å². The van der Waals surface area contributed by atoms with Crippen LogP contribution in [0.15, 0.2) is 59.9 Å². The molecule has 6 heteroatoms. The Balaban J connectivity index is 0.00000243. The lowest BCUT2D eigenvalue weighted by atomic mass is 10.0. The molecule has 26 heavy (non-hydrogen) atoms. The fourth-order valence-corrected chi connectivity index (χ4v) is 3.11. The van der Waals surface area contributed by atoms with Gasteiger partial charge >= 0.3 is 0 Å². The number of halogens is 1. The first-order chi connectivity index (χ1) is 12.2. The lowest BCUT2D eigenvalue weighted by molar-refractivity contribution is 0.477. The van der Waals surface area contributed by atoms with Crippen LogP contribution in [-0.4, -0.2) is 41.3 Å². The molecule has 0 amide bonds. The Kier molecular flexibility index (Phi) is 7.44. The SMILES string of the molecule is CN=C(NCCc1cccc2ccccc12)N(C)Cc1cnn(C)c1.I. The average molecular weight is 463 g/mol. The van der Waals surface area contributed by atoms with Crippen molar-refractivity contribution in [2.75, 3.05) is 20.6 Å². The summed E-state index contributed by atoms with van der Waals surface area (Å²) >= 11 is 0. The van der Waals surface area contributed by atoms with E-state index in [1.54, 1.807) is 0 Å². The van der Waals surface area contributed by atoms with Crippen LogP contribution in [0.4, 0.5) is 0 Å². The van der Waals surface area contributed by atoms with Crippen molar-refractivity contribution in [1.29, 1.82) is 0 Å². The van der Waals surface area contributed by atoms with Crippen molar-refractivity contribution in [2.24, 2.45) is 12.0 Å². The van der Waals surface area contributed by atoms with E-state index in [0.717, 1.165) is 25.5 Å². The topological polar surface area (TPSA) is 45.5 Å². The number of nitrogens with one attached hydrogen (secondary N) is 1. The Bertz CT molecular complexity index is 866. The van der Waals surface area contributed by atoms with Crippen molar-refractivity contribution in [1.82, 2.24) is 20.0 Å². The van der Waals surface area contributed by atoms with Gasteiger partial charge in [-0.15, -0.1) is 24.0 Å². The number of aryl methyl sites for hydroxylation is 1. The molecule has 0 unspecified atom stereocenters.